The van der Waals surface area contributed by atoms with Gasteiger partial charge in [0.25, 0.3) is 0 Å². The first kappa shape index (κ1) is 12.8. The zero-order valence-electron chi connectivity index (χ0n) is 8.44. The summed E-state index contributed by atoms with van der Waals surface area (Å²) in [6.45, 7) is 0.667. The zero-order valence-corrected chi connectivity index (χ0v) is 10.0. The second kappa shape index (κ2) is 7.09. The highest BCUT2D eigenvalue weighted by molar-refractivity contribution is 7.99. The normalized spacial score (nSPS) is 9.50. The minimum atomic E-state index is 0.156. The highest BCUT2D eigenvalue weighted by atomic mass is 35.5. The maximum atomic E-state index is 10.7. The topological polar surface area (TPSA) is 54.9 Å². The van der Waals surface area contributed by atoms with Gasteiger partial charge >= 0.3 is 0 Å². The van der Waals surface area contributed by atoms with E-state index in [1.54, 1.807) is 11.8 Å². The number of aromatic nitrogens is 2. The van der Waals surface area contributed by atoms with Gasteiger partial charge in [-0.3, -0.25) is 4.79 Å². The molecule has 16 heavy (non-hydrogen) atoms. The van der Waals surface area contributed by atoms with Crippen LogP contribution in [0.2, 0.25) is 5.15 Å². The number of hydrogen-bond donors (Lipinski definition) is 1. The molecule has 1 aromatic heterocycles. The molecule has 1 aromatic rings. The van der Waals surface area contributed by atoms with Gasteiger partial charge in [0.1, 0.15) is 17.3 Å². The van der Waals surface area contributed by atoms with Crippen LogP contribution in [0.5, 0.6) is 0 Å². The quantitative estimate of drug-likeness (QED) is 0.363. The number of aldehydes is 1. The summed E-state index contributed by atoms with van der Waals surface area (Å²) in [6, 6.07) is 0. The molecule has 0 aliphatic heterocycles. The van der Waals surface area contributed by atoms with Gasteiger partial charge in [-0.15, -0.1) is 18.2 Å². The summed E-state index contributed by atoms with van der Waals surface area (Å²) in [5.74, 6) is 4.50. The molecule has 0 fully saturated rings. The molecule has 0 bridgehead atoms. The standard InChI is InChI=1S/C10H10ClN3OS/c1-2-4-16-5-3-12-10-8(6-15)9(11)13-7-14-10/h1,6-7H,3-5H2,(H,12,13,14). The van der Waals surface area contributed by atoms with Crippen LogP contribution >= 0.6 is 23.4 Å². The van der Waals surface area contributed by atoms with Crippen molar-refractivity contribution in [2.45, 2.75) is 0 Å². The number of nitrogens with zero attached hydrogens (tertiary/aromatic N) is 2. The summed E-state index contributed by atoms with van der Waals surface area (Å²) in [6.07, 6.45) is 7.06. The Balaban J connectivity index is 2.51. The van der Waals surface area contributed by atoms with Gasteiger partial charge in [0.15, 0.2) is 6.29 Å². The van der Waals surface area contributed by atoms with E-state index in [1.165, 1.54) is 6.33 Å². The molecule has 0 aliphatic carbocycles. The smallest absolute Gasteiger partial charge is 0.156 e. The number of halogens is 1. The van der Waals surface area contributed by atoms with Crippen molar-refractivity contribution in [3.8, 4) is 12.3 Å². The van der Waals surface area contributed by atoms with E-state index in [2.05, 4.69) is 21.2 Å². The van der Waals surface area contributed by atoms with Crippen LogP contribution in [-0.4, -0.2) is 34.3 Å². The van der Waals surface area contributed by atoms with Crippen molar-refractivity contribution >= 4 is 35.5 Å². The Labute approximate surface area is 103 Å². The fourth-order valence-electron chi connectivity index (χ4n) is 0.992. The van der Waals surface area contributed by atoms with E-state index in [-0.39, 0.29) is 10.7 Å². The van der Waals surface area contributed by atoms with Crippen LogP contribution in [-0.2, 0) is 0 Å². The van der Waals surface area contributed by atoms with Gasteiger partial charge in [-0.05, 0) is 0 Å². The SMILES string of the molecule is C#CCSCCNc1ncnc(Cl)c1C=O. The summed E-state index contributed by atoms with van der Waals surface area (Å²) >= 11 is 7.36. The molecule has 0 aromatic carbocycles. The maximum absolute atomic E-state index is 10.7. The molecule has 0 unspecified atom stereocenters. The summed E-state index contributed by atoms with van der Waals surface area (Å²) < 4.78 is 0. The molecule has 1 rings (SSSR count). The highest BCUT2D eigenvalue weighted by Gasteiger charge is 2.07. The summed E-state index contributed by atoms with van der Waals surface area (Å²) in [5.41, 5.74) is 0.283. The third kappa shape index (κ3) is 3.72. The Morgan fingerprint density at radius 2 is 2.44 bits per heavy atom. The summed E-state index contributed by atoms with van der Waals surface area (Å²) in [4.78, 5) is 18.4. The molecule has 1 heterocycles. The van der Waals surface area contributed by atoms with E-state index < -0.39 is 0 Å². The number of thioether (sulfide) groups is 1. The molecule has 4 nitrogen and oxygen atoms in total. The zero-order chi connectivity index (χ0) is 11.8. The molecule has 6 heteroatoms. The molecule has 0 spiro atoms. The van der Waals surface area contributed by atoms with Gasteiger partial charge in [-0.2, -0.15) is 0 Å². The molecular weight excluding hydrogens is 246 g/mol. The number of carbonyl (C=O) groups excluding carboxylic acids is 1. The maximum Gasteiger partial charge on any atom is 0.156 e. The van der Waals surface area contributed by atoms with E-state index in [4.69, 9.17) is 18.0 Å². The number of rotatable bonds is 6. The first-order valence-corrected chi connectivity index (χ1v) is 6.03. The van der Waals surface area contributed by atoms with Crippen LogP contribution in [0.3, 0.4) is 0 Å². The molecule has 0 saturated carbocycles. The molecule has 0 radical (unpaired) electrons. The van der Waals surface area contributed by atoms with E-state index >= 15 is 0 Å². The van der Waals surface area contributed by atoms with Crippen molar-refractivity contribution in [1.82, 2.24) is 9.97 Å². The lowest BCUT2D eigenvalue weighted by Gasteiger charge is -2.06. The largest absolute Gasteiger partial charge is 0.369 e. The minimum absolute atomic E-state index is 0.156. The van der Waals surface area contributed by atoms with Crippen molar-refractivity contribution in [3.05, 3.63) is 17.0 Å². The average Bonchev–Trinajstić information content (AvgIpc) is 2.29. The number of nitrogens with one attached hydrogen (secondary N) is 1. The monoisotopic (exact) mass is 255 g/mol. The lowest BCUT2D eigenvalue weighted by atomic mass is 10.3. The number of carbonyl (C=O) groups is 1. The molecule has 0 aliphatic rings. The average molecular weight is 256 g/mol. The second-order valence-corrected chi connectivity index (χ2v) is 4.19. The van der Waals surface area contributed by atoms with Gasteiger partial charge in [0.2, 0.25) is 0 Å². The molecular formula is C10H10ClN3OS. The van der Waals surface area contributed by atoms with Crippen molar-refractivity contribution in [3.63, 3.8) is 0 Å². The van der Waals surface area contributed by atoms with Crippen LogP contribution in [0, 0.1) is 12.3 Å². The molecule has 84 valence electrons. The van der Waals surface area contributed by atoms with E-state index in [9.17, 15) is 4.79 Å². The number of hydrogen-bond acceptors (Lipinski definition) is 5. The predicted molar refractivity (Wildman–Crippen MR) is 67.1 cm³/mol. The fourth-order valence-corrected chi connectivity index (χ4v) is 1.68. The Bertz CT molecular complexity index is 406. The van der Waals surface area contributed by atoms with Crippen molar-refractivity contribution in [2.24, 2.45) is 0 Å². The number of terminal acetylenes is 1. The van der Waals surface area contributed by atoms with Crippen LogP contribution < -0.4 is 5.32 Å². The first-order valence-electron chi connectivity index (χ1n) is 4.50. The highest BCUT2D eigenvalue weighted by Crippen LogP contribution is 2.16. The summed E-state index contributed by atoms with van der Waals surface area (Å²) in [5, 5.41) is 3.16. The minimum Gasteiger partial charge on any atom is -0.369 e. The first-order chi connectivity index (χ1) is 7.79. The Morgan fingerprint density at radius 3 is 3.12 bits per heavy atom. The summed E-state index contributed by atoms with van der Waals surface area (Å²) in [7, 11) is 0. The Hall–Kier alpha value is -1.25. The van der Waals surface area contributed by atoms with Gasteiger partial charge in [-0.25, -0.2) is 9.97 Å². The van der Waals surface area contributed by atoms with Crippen LogP contribution in [0.1, 0.15) is 10.4 Å². The lowest BCUT2D eigenvalue weighted by molar-refractivity contribution is 0.112. The predicted octanol–water partition coefficient (Wildman–Crippen LogP) is 1.72. The number of anilines is 1. The Kier molecular flexibility index (Phi) is 5.68. The second-order valence-electron chi connectivity index (χ2n) is 2.73. The van der Waals surface area contributed by atoms with Crippen LogP contribution in [0.25, 0.3) is 0 Å². The van der Waals surface area contributed by atoms with E-state index in [0.717, 1.165) is 5.75 Å². The van der Waals surface area contributed by atoms with Crippen LogP contribution in [0.4, 0.5) is 5.82 Å². The van der Waals surface area contributed by atoms with Crippen molar-refractivity contribution in [2.75, 3.05) is 23.4 Å². The van der Waals surface area contributed by atoms with Gasteiger partial charge in [-0.1, -0.05) is 17.5 Å². The lowest BCUT2D eigenvalue weighted by Crippen LogP contribution is -2.09. The molecule has 0 amide bonds. The molecule has 0 saturated heterocycles. The third-order valence-corrected chi connectivity index (χ3v) is 2.84. The van der Waals surface area contributed by atoms with Gasteiger partial charge in [0.05, 0.1) is 11.3 Å². The van der Waals surface area contributed by atoms with Gasteiger partial charge < -0.3 is 5.32 Å². The molecule has 1 N–H and O–H groups in total. The van der Waals surface area contributed by atoms with E-state index in [0.29, 0.717) is 24.4 Å². The Morgan fingerprint density at radius 1 is 1.62 bits per heavy atom. The third-order valence-electron chi connectivity index (χ3n) is 1.68. The van der Waals surface area contributed by atoms with E-state index in [1.807, 2.05) is 0 Å². The molecule has 0 atom stereocenters. The van der Waals surface area contributed by atoms with Crippen molar-refractivity contribution in [1.29, 1.82) is 0 Å². The van der Waals surface area contributed by atoms with Crippen LogP contribution in [0.15, 0.2) is 6.33 Å². The fraction of sp³-hybridized carbons (Fsp3) is 0.300. The van der Waals surface area contributed by atoms with Gasteiger partial charge in [0, 0.05) is 12.3 Å². The van der Waals surface area contributed by atoms with Crippen molar-refractivity contribution < 1.29 is 4.79 Å².